The third-order valence-corrected chi connectivity index (χ3v) is 4.91. The van der Waals surface area contributed by atoms with Gasteiger partial charge < -0.3 is 33.2 Å². The zero-order chi connectivity index (χ0) is 21.4. The SMILES string of the molecule is C=C(/C=C\C)N=C(N)/C(=C\NC1(CN)CCN(c2cncc(N)c2)CC1)C(N)=O. The largest absolute Gasteiger partial charge is 0.397 e. The predicted octanol–water partition coefficient (Wildman–Crippen LogP) is 0.367. The van der Waals surface area contributed by atoms with Crippen LogP contribution >= 0.6 is 0 Å². The number of allylic oxidation sites excluding steroid dienone is 2. The van der Waals surface area contributed by atoms with Crippen molar-refractivity contribution in [3.05, 3.63) is 54.7 Å². The summed E-state index contributed by atoms with van der Waals surface area (Å²) in [5.41, 5.74) is 25.1. The molecule has 9 nitrogen and oxygen atoms in total. The average molecular weight is 399 g/mol. The van der Waals surface area contributed by atoms with Gasteiger partial charge in [0.05, 0.1) is 34.4 Å². The number of aliphatic imine (C=N–C) groups is 1. The Morgan fingerprint density at radius 1 is 1.38 bits per heavy atom. The number of nitrogen functional groups attached to an aromatic ring is 1. The monoisotopic (exact) mass is 398 g/mol. The lowest BCUT2D eigenvalue weighted by atomic mass is 9.87. The second-order valence-corrected chi connectivity index (χ2v) is 7.00. The highest BCUT2D eigenvalue weighted by Crippen LogP contribution is 2.26. The molecule has 1 aromatic heterocycles. The first-order valence-corrected chi connectivity index (χ1v) is 9.39. The fraction of sp³-hybridized carbons (Fsp3) is 0.350. The number of piperidine rings is 1. The summed E-state index contributed by atoms with van der Waals surface area (Å²) in [4.78, 5) is 22.3. The summed E-state index contributed by atoms with van der Waals surface area (Å²) in [6.45, 7) is 7.50. The molecule has 156 valence electrons. The Bertz CT molecular complexity index is 835. The highest BCUT2D eigenvalue weighted by molar-refractivity contribution is 6.19. The summed E-state index contributed by atoms with van der Waals surface area (Å²) in [7, 11) is 0. The van der Waals surface area contributed by atoms with Crippen LogP contribution in [-0.2, 0) is 4.79 Å². The van der Waals surface area contributed by atoms with Gasteiger partial charge in [-0.3, -0.25) is 9.78 Å². The Hall–Kier alpha value is -3.33. The first-order valence-electron chi connectivity index (χ1n) is 9.39. The number of hydrogen-bond donors (Lipinski definition) is 5. The molecule has 0 spiro atoms. The van der Waals surface area contributed by atoms with Crippen molar-refractivity contribution in [2.24, 2.45) is 22.2 Å². The van der Waals surface area contributed by atoms with E-state index < -0.39 is 5.91 Å². The molecule has 29 heavy (non-hydrogen) atoms. The molecule has 0 aromatic carbocycles. The molecule has 0 atom stereocenters. The molecule has 0 unspecified atom stereocenters. The van der Waals surface area contributed by atoms with Gasteiger partial charge in [0.2, 0.25) is 0 Å². The molecule has 1 amide bonds. The van der Waals surface area contributed by atoms with Crippen molar-refractivity contribution in [1.82, 2.24) is 10.3 Å². The van der Waals surface area contributed by atoms with Crippen LogP contribution in [-0.4, -0.2) is 41.9 Å². The van der Waals surface area contributed by atoms with Crippen molar-refractivity contribution in [3.8, 4) is 0 Å². The van der Waals surface area contributed by atoms with Crippen molar-refractivity contribution in [2.75, 3.05) is 30.3 Å². The number of carbonyl (C=O) groups excluding carboxylic acids is 1. The zero-order valence-electron chi connectivity index (χ0n) is 16.8. The maximum absolute atomic E-state index is 11.9. The van der Waals surface area contributed by atoms with Gasteiger partial charge in [0, 0.05) is 32.0 Å². The summed E-state index contributed by atoms with van der Waals surface area (Å²) >= 11 is 0. The van der Waals surface area contributed by atoms with Crippen molar-refractivity contribution in [1.29, 1.82) is 0 Å². The van der Waals surface area contributed by atoms with Gasteiger partial charge >= 0.3 is 0 Å². The van der Waals surface area contributed by atoms with E-state index in [4.69, 9.17) is 22.9 Å². The minimum atomic E-state index is -0.678. The molecule has 9 heteroatoms. The topological polar surface area (TPSA) is 162 Å². The number of nitrogens with zero attached hydrogens (tertiary/aromatic N) is 3. The van der Waals surface area contributed by atoms with Gasteiger partial charge in [-0.05, 0) is 31.9 Å². The second kappa shape index (κ2) is 9.74. The normalized spacial score (nSPS) is 17.4. The molecule has 9 N–H and O–H groups in total. The Morgan fingerprint density at radius 2 is 2.07 bits per heavy atom. The van der Waals surface area contributed by atoms with Crippen molar-refractivity contribution in [3.63, 3.8) is 0 Å². The van der Waals surface area contributed by atoms with E-state index in [1.807, 2.05) is 13.0 Å². The number of hydrogen-bond acceptors (Lipinski definition) is 7. The van der Waals surface area contributed by atoms with Crippen LogP contribution in [0, 0.1) is 0 Å². The van der Waals surface area contributed by atoms with E-state index in [1.54, 1.807) is 24.5 Å². The first kappa shape index (κ1) is 22.0. The van der Waals surface area contributed by atoms with E-state index >= 15 is 0 Å². The Balaban J connectivity index is 2.13. The third-order valence-electron chi connectivity index (χ3n) is 4.91. The van der Waals surface area contributed by atoms with E-state index in [-0.39, 0.29) is 16.9 Å². The van der Waals surface area contributed by atoms with E-state index in [1.165, 1.54) is 6.20 Å². The number of amides is 1. The van der Waals surface area contributed by atoms with Crippen LogP contribution < -0.4 is 33.2 Å². The highest BCUT2D eigenvalue weighted by atomic mass is 16.1. The van der Waals surface area contributed by atoms with Crippen LogP contribution in [0.5, 0.6) is 0 Å². The van der Waals surface area contributed by atoms with Crippen LogP contribution in [0.25, 0.3) is 0 Å². The van der Waals surface area contributed by atoms with Crippen molar-refractivity contribution < 1.29 is 4.79 Å². The number of carbonyl (C=O) groups is 1. The standard InChI is InChI=1S/C20H30N8O/c1-3-4-14(2)27-18(23)17(19(24)29)12-26-20(13-21)5-7-28(8-6-20)16-9-15(22)10-25-11-16/h3-4,9-12,26H,2,5-8,13,21-22H2,1H3,(H2,23,27)(H2,24,29)/b4-3-,17-12+. The molecule has 0 saturated carbocycles. The Morgan fingerprint density at radius 3 is 2.62 bits per heavy atom. The fourth-order valence-corrected chi connectivity index (χ4v) is 3.16. The molecule has 1 aliphatic heterocycles. The zero-order valence-corrected chi connectivity index (χ0v) is 16.8. The maximum atomic E-state index is 11.9. The molecule has 1 aromatic rings. The quantitative estimate of drug-likeness (QED) is 0.183. The van der Waals surface area contributed by atoms with Gasteiger partial charge in [-0.2, -0.15) is 0 Å². The molecule has 0 aliphatic carbocycles. The number of nitrogens with one attached hydrogen (secondary N) is 1. The van der Waals surface area contributed by atoms with Crippen LogP contribution in [0.1, 0.15) is 19.8 Å². The Kier molecular flexibility index (Phi) is 7.38. The lowest BCUT2D eigenvalue weighted by molar-refractivity contribution is -0.114. The summed E-state index contributed by atoms with van der Waals surface area (Å²) in [6, 6.07) is 1.90. The molecule has 0 radical (unpaired) electrons. The molecule has 0 bridgehead atoms. The van der Waals surface area contributed by atoms with E-state index in [0.29, 0.717) is 17.9 Å². The summed E-state index contributed by atoms with van der Waals surface area (Å²) in [5, 5.41) is 3.27. The second-order valence-electron chi connectivity index (χ2n) is 7.00. The maximum Gasteiger partial charge on any atom is 0.253 e. The number of rotatable bonds is 8. The molecule has 1 aliphatic rings. The molecule has 2 rings (SSSR count). The summed E-state index contributed by atoms with van der Waals surface area (Å²) in [5.74, 6) is -0.675. The number of anilines is 2. The van der Waals surface area contributed by atoms with Crippen molar-refractivity contribution in [2.45, 2.75) is 25.3 Å². The number of primary amides is 1. The molecule has 1 saturated heterocycles. The summed E-state index contributed by atoms with van der Waals surface area (Å²) in [6.07, 6.45) is 9.88. The highest BCUT2D eigenvalue weighted by Gasteiger charge is 2.33. The van der Waals surface area contributed by atoms with Gasteiger partial charge in [-0.1, -0.05) is 12.7 Å². The van der Waals surface area contributed by atoms with Crippen LogP contribution in [0.15, 0.2) is 59.7 Å². The molecular weight excluding hydrogens is 368 g/mol. The number of nitrogens with two attached hydrogens (primary N) is 4. The van der Waals surface area contributed by atoms with E-state index in [0.717, 1.165) is 31.6 Å². The lowest BCUT2D eigenvalue weighted by Gasteiger charge is -2.42. The van der Waals surface area contributed by atoms with Gasteiger partial charge in [-0.25, -0.2) is 4.99 Å². The molecule has 1 fully saturated rings. The van der Waals surface area contributed by atoms with Gasteiger partial charge in [-0.15, -0.1) is 0 Å². The number of amidine groups is 1. The van der Waals surface area contributed by atoms with Gasteiger partial charge in [0.25, 0.3) is 5.91 Å². The molecule has 2 heterocycles. The predicted molar refractivity (Wildman–Crippen MR) is 118 cm³/mol. The molecular formula is C20H30N8O. The Labute approximate surface area is 171 Å². The van der Waals surface area contributed by atoms with Gasteiger partial charge in [0.15, 0.2) is 0 Å². The lowest BCUT2D eigenvalue weighted by Crippen LogP contribution is -2.56. The first-order chi connectivity index (χ1) is 13.8. The summed E-state index contributed by atoms with van der Waals surface area (Å²) < 4.78 is 0. The van der Waals surface area contributed by atoms with Crippen LogP contribution in [0.4, 0.5) is 11.4 Å². The average Bonchev–Trinajstić information content (AvgIpc) is 2.68. The minimum Gasteiger partial charge on any atom is -0.397 e. The van der Waals surface area contributed by atoms with Gasteiger partial charge in [0.1, 0.15) is 5.84 Å². The number of aromatic nitrogens is 1. The third kappa shape index (κ3) is 5.82. The fourth-order valence-electron chi connectivity index (χ4n) is 3.16. The number of pyridine rings is 1. The van der Waals surface area contributed by atoms with E-state index in [2.05, 4.69) is 26.8 Å². The van der Waals surface area contributed by atoms with Crippen LogP contribution in [0.3, 0.4) is 0 Å². The smallest absolute Gasteiger partial charge is 0.253 e. The van der Waals surface area contributed by atoms with Crippen LogP contribution in [0.2, 0.25) is 0 Å². The van der Waals surface area contributed by atoms with Crippen molar-refractivity contribution >= 4 is 23.1 Å². The minimum absolute atomic E-state index is 0.00328. The van der Waals surface area contributed by atoms with E-state index in [9.17, 15) is 4.79 Å².